The molecule has 0 atom stereocenters. The van der Waals surface area contributed by atoms with Gasteiger partial charge >= 0.3 is 0 Å². The zero-order valence-electron chi connectivity index (χ0n) is 16.5. The van der Waals surface area contributed by atoms with Crippen LogP contribution in [0.1, 0.15) is 5.56 Å². The summed E-state index contributed by atoms with van der Waals surface area (Å²) in [6.07, 6.45) is 3.77. The van der Waals surface area contributed by atoms with E-state index in [4.69, 9.17) is 9.40 Å². The molecule has 6 aromatic rings. The van der Waals surface area contributed by atoms with E-state index in [1.807, 2.05) is 36.7 Å². The van der Waals surface area contributed by atoms with Crippen LogP contribution in [-0.4, -0.2) is 9.97 Å². The third kappa shape index (κ3) is 2.60. The largest absolute Gasteiger partial charge is 0.455 e. The average Bonchev–Trinajstić information content (AvgIpc) is 3.18. The summed E-state index contributed by atoms with van der Waals surface area (Å²) in [5.74, 6) is 0. The number of rotatable bonds is 2. The fourth-order valence-electron chi connectivity index (χ4n) is 4.17. The van der Waals surface area contributed by atoms with Gasteiger partial charge in [-0.25, -0.2) is 0 Å². The third-order valence-electron chi connectivity index (χ3n) is 5.70. The van der Waals surface area contributed by atoms with Crippen molar-refractivity contribution < 1.29 is 4.42 Å². The molecular formula is C27H18N2O. The predicted molar refractivity (Wildman–Crippen MR) is 122 cm³/mol. The zero-order valence-corrected chi connectivity index (χ0v) is 16.5. The van der Waals surface area contributed by atoms with Crippen LogP contribution in [0.3, 0.4) is 0 Å². The molecular weight excluding hydrogens is 368 g/mol. The van der Waals surface area contributed by atoms with Gasteiger partial charge in [0, 0.05) is 34.1 Å². The van der Waals surface area contributed by atoms with Crippen LogP contribution >= 0.6 is 0 Å². The van der Waals surface area contributed by atoms with E-state index in [1.165, 1.54) is 5.56 Å². The standard InChI is InChI=1S/C27H18N2O/c1-17-16-29-25(15-23(17)18-11-12-24-19(14-18)6-5-13-28-24)22-9-4-8-21-20-7-2-3-10-26(20)30-27(21)22/h2-16H,1H3. The minimum Gasteiger partial charge on any atom is -0.455 e. The molecule has 30 heavy (non-hydrogen) atoms. The van der Waals surface area contributed by atoms with Crippen LogP contribution in [0.5, 0.6) is 0 Å². The van der Waals surface area contributed by atoms with E-state index in [0.717, 1.165) is 55.2 Å². The first-order valence-corrected chi connectivity index (χ1v) is 10.0. The Bertz CT molecular complexity index is 1560. The Labute approximate surface area is 173 Å². The van der Waals surface area contributed by atoms with E-state index < -0.39 is 0 Å². The monoisotopic (exact) mass is 386 g/mol. The number of hydrogen-bond donors (Lipinski definition) is 0. The maximum Gasteiger partial charge on any atom is 0.144 e. The van der Waals surface area contributed by atoms with Crippen LogP contribution in [0.15, 0.2) is 95.7 Å². The minimum atomic E-state index is 0.878. The van der Waals surface area contributed by atoms with Gasteiger partial charge in [0.2, 0.25) is 0 Å². The molecule has 0 radical (unpaired) electrons. The number of nitrogens with zero attached hydrogens (tertiary/aromatic N) is 2. The number of benzene rings is 3. The minimum absolute atomic E-state index is 0.878. The van der Waals surface area contributed by atoms with E-state index in [1.54, 1.807) is 0 Å². The highest BCUT2D eigenvalue weighted by atomic mass is 16.3. The fraction of sp³-hybridized carbons (Fsp3) is 0.0370. The van der Waals surface area contributed by atoms with Gasteiger partial charge in [-0.1, -0.05) is 42.5 Å². The summed E-state index contributed by atoms with van der Waals surface area (Å²) in [5, 5.41) is 3.37. The lowest BCUT2D eigenvalue weighted by molar-refractivity contribution is 0.670. The van der Waals surface area contributed by atoms with E-state index >= 15 is 0 Å². The molecule has 0 aliphatic carbocycles. The smallest absolute Gasteiger partial charge is 0.144 e. The SMILES string of the molecule is Cc1cnc(-c2cccc3c2oc2ccccc23)cc1-c1ccc2ncccc2c1. The van der Waals surface area contributed by atoms with E-state index in [-0.39, 0.29) is 0 Å². The summed E-state index contributed by atoms with van der Waals surface area (Å²) in [5.41, 5.74) is 8.16. The molecule has 3 nitrogen and oxygen atoms in total. The molecule has 0 saturated carbocycles. The fourth-order valence-corrected chi connectivity index (χ4v) is 4.17. The summed E-state index contributed by atoms with van der Waals surface area (Å²) in [4.78, 5) is 9.18. The molecule has 0 saturated heterocycles. The van der Waals surface area contributed by atoms with Crippen LogP contribution in [0, 0.1) is 6.92 Å². The van der Waals surface area contributed by atoms with Crippen molar-refractivity contribution in [1.29, 1.82) is 0 Å². The topological polar surface area (TPSA) is 38.9 Å². The molecule has 0 unspecified atom stereocenters. The first-order valence-electron chi connectivity index (χ1n) is 10.0. The molecule has 0 spiro atoms. The van der Waals surface area contributed by atoms with E-state index in [9.17, 15) is 0 Å². The van der Waals surface area contributed by atoms with Gasteiger partial charge < -0.3 is 4.42 Å². The maximum atomic E-state index is 6.22. The Morgan fingerprint density at radius 1 is 0.733 bits per heavy atom. The van der Waals surface area contributed by atoms with Gasteiger partial charge in [0.15, 0.2) is 0 Å². The second-order valence-electron chi connectivity index (χ2n) is 7.58. The lowest BCUT2D eigenvalue weighted by Crippen LogP contribution is -1.90. The van der Waals surface area contributed by atoms with Gasteiger partial charge in [0.25, 0.3) is 0 Å². The van der Waals surface area contributed by atoms with Gasteiger partial charge in [0.05, 0.1) is 11.2 Å². The number of hydrogen-bond acceptors (Lipinski definition) is 3. The number of furan rings is 1. The van der Waals surface area contributed by atoms with Crippen LogP contribution < -0.4 is 0 Å². The van der Waals surface area contributed by atoms with Gasteiger partial charge in [-0.05, 0) is 60.0 Å². The predicted octanol–water partition coefficient (Wildman–Crippen LogP) is 7.17. The van der Waals surface area contributed by atoms with Crippen molar-refractivity contribution in [2.24, 2.45) is 0 Å². The van der Waals surface area contributed by atoms with Crippen molar-refractivity contribution in [2.75, 3.05) is 0 Å². The molecule has 0 amide bonds. The van der Waals surface area contributed by atoms with Crippen molar-refractivity contribution >= 4 is 32.8 Å². The molecule has 0 fully saturated rings. The lowest BCUT2D eigenvalue weighted by atomic mass is 9.97. The molecule has 142 valence electrons. The van der Waals surface area contributed by atoms with Crippen LogP contribution in [0.4, 0.5) is 0 Å². The number of para-hydroxylation sites is 2. The van der Waals surface area contributed by atoms with Crippen molar-refractivity contribution in [1.82, 2.24) is 9.97 Å². The highest BCUT2D eigenvalue weighted by Crippen LogP contribution is 2.36. The Morgan fingerprint density at radius 2 is 1.63 bits per heavy atom. The Balaban J connectivity index is 1.56. The highest BCUT2D eigenvalue weighted by Gasteiger charge is 2.14. The van der Waals surface area contributed by atoms with Crippen molar-refractivity contribution in [3.8, 4) is 22.4 Å². The average molecular weight is 386 g/mol. The van der Waals surface area contributed by atoms with Crippen LogP contribution in [-0.2, 0) is 0 Å². The Morgan fingerprint density at radius 3 is 2.60 bits per heavy atom. The van der Waals surface area contributed by atoms with Gasteiger partial charge in [-0.15, -0.1) is 0 Å². The maximum absolute atomic E-state index is 6.22. The zero-order chi connectivity index (χ0) is 20.1. The van der Waals surface area contributed by atoms with E-state index in [2.05, 4.69) is 66.5 Å². The first-order chi connectivity index (χ1) is 14.8. The molecule has 0 bridgehead atoms. The number of pyridine rings is 2. The molecule has 3 aromatic heterocycles. The molecule has 0 aliphatic rings. The van der Waals surface area contributed by atoms with Crippen LogP contribution in [0.25, 0.3) is 55.2 Å². The van der Waals surface area contributed by atoms with Gasteiger partial charge in [-0.3, -0.25) is 9.97 Å². The lowest BCUT2D eigenvalue weighted by Gasteiger charge is -2.10. The summed E-state index contributed by atoms with van der Waals surface area (Å²) in [7, 11) is 0. The quantitative estimate of drug-likeness (QED) is 0.317. The van der Waals surface area contributed by atoms with Crippen molar-refractivity contribution in [3.05, 3.63) is 96.8 Å². The van der Waals surface area contributed by atoms with E-state index in [0.29, 0.717) is 0 Å². The third-order valence-corrected chi connectivity index (χ3v) is 5.70. The number of fused-ring (bicyclic) bond motifs is 4. The van der Waals surface area contributed by atoms with Gasteiger partial charge in [0.1, 0.15) is 11.2 Å². The number of aryl methyl sites for hydroxylation is 1. The Hall–Kier alpha value is -3.98. The molecule has 3 aromatic carbocycles. The molecule has 0 N–H and O–H groups in total. The second-order valence-corrected chi connectivity index (χ2v) is 7.58. The summed E-state index contributed by atoms with van der Waals surface area (Å²) >= 11 is 0. The second kappa shape index (κ2) is 6.53. The summed E-state index contributed by atoms with van der Waals surface area (Å²) < 4.78 is 6.22. The van der Waals surface area contributed by atoms with Crippen molar-refractivity contribution in [3.63, 3.8) is 0 Å². The Kier molecular flexibility index (Phi) is 3.68. The highest BCUT2D eigenvalue weighted by molar-refractivity contribution is 6.09. The van der Waals surface area contributed by atoms with Crippen LogP contribution in [0.2, 0.25) is 0 Å². The first kappa shape index (κ1) is 16.9. The molecule has 3 heteroatoms. The number of aromatic nitrogens is 2. The summed E-state index contributed by atoms with van der Waals surface area (Å²) in [6, 6.07) is 27.0. The molecule has 0 aliphatic heterocycles. The molecule has 6 rings (SSSR count). The molecule has 3 heterocycles. The summed E-state index contributed by atoms with van der Waals surface area (Å²) in [6.45, 7) is 2.10. The van der Waals surface area contributed by atoms with Gasteiger partial charge in [-0.2, -0.15) is 0 Å². The van der Waals surface area contributed by atoms with Crippen molar-refractivity contribution in [2.45, 2.75) is 6.92 Å². The normalized spacial score (nSPS) is 11.5.